The number of hydrogen-bond acceptors (Lipinski definition) is 3. The molecule has 2 heterocycles. The second kappa shape index (κ2) is 3.01. The normalized spacial score (nSPS) is 10.8. The first-order valence-corrected chi connectivity index (χ1v) is 4.22. The van der Waals surface area contributed by atoms with Crippen molar-refractivity contribution >= 4 is 11.0 Å². The number of aromatic nitrogens is 4. The van der Waals surface area contributed by atoms with Gasteiger partial charge in [0.25, 0.3) is 5.56 Å². The second-order valence-corrected chi connectivity index (χ2v) is 2.83. The molecule has 2 rings (SSSR count). The van der Waals surface area contributed by atoms with E-state index in [0.717, 1.165) is 13.0 Å². The molecule has 0 bridgehead atoms. The van der Waals surface area contributed by atoms with Gasteiger partial charge in [0.05, 0.1) is 12.5 Å². The van der Waals surface area contributed by atoms with Crippen LogP contribution >= 0.6 is 0 Å². The molecule has 0 aliphatic rings. The highest BCUT2D eigenvalue weighted by Crippen LogP contribution is 2.04. The summed E-state index contributed by atoms with van der Waals surface area (Å²) in [6.07, 6.45) is 3.95. The predicted octanol–water partition coefficient (Wildman–Crippen LogP) is 0.530. The third kappa shape index (κ3) is 1.22. The molecule has 0 unspecified atom stereocenters. The van der Waals surface area contributed by atoms with Crippen molar-refractivity contribution < 1.29 is 0 Å². The molecule has 0 atom stereocenters. The lowest BCUT2D eigenvalue weighted by atomic mass is 10.4. The maximum absolute atomic E-state index is 11.4. The fraction of sp³-hybridized carbons (Fsp3) is 0.375. The lowest BCUT2D eigenvalue weighted by Crippen LogP contribution is -2.11. The summed E-state index contributed by atoms with van der Waals surface area (Å²) < 4.78 is 1.68. The van der Waals surface area contributed by atoms with Gasteiger partial charge in [-0.25, -0.2) is 4.98 Å². The van der Waals surface area contributed by atoms with Crippen LogP contribution in [0.2, 0.25) is 0 Å². The van der Waals surface area contributed by atoms with Crippen LogP contribution in [0.25, 0.3) is 11.0 Å². The molecule has 68 valence electrons. The zero-order valence-electron chi connectivity index (χ0n) is 7.32. The van der Waals surface area contributed by atoms with E-state index in [1.54, 1.807) is 10.9 Å². The van der Waals surface area contributed by atoms with Gasteiger partial charge in [-0.15, -0.1) is 0 Å². The maximum atomic E-state index is 11.4. The molecule has 1 N–H and O–H groups in total. The molecule has 0 fully saturated rings. The molecule has 5 nitrogen and oxygen atoms in total. The fourth-order valence-corrected chi connectivity index (χ4v) is 1.31. The Balaban J connectivity index is 2.71. The zero-order valence-corrected chi connectivity index (χ0v) is 7.32. The summed E-state index contributed by atoms with van der Waals surface area (Å²) in [7, 11) is 0. The molecular formula is C8H10N4O. The average molecular weight is 178 g/mol. The maximum Gasteiger partial charge on any atom is 0.276 e. The van der Waals surface area contributed by atoms with E-state index in [0.29, 0.717) is 11.0 Å². The van der Waals surface area contributed by atoms with Gasteiger partial charge in [0.1, 0.15) is 5.52 Å². The number of nitrogens with zero attached hydrogens (tertiary/aromatic N) is 3. The zero-order chi connectivity index (χ0) is 9.26. The Morgan fingerprint density at radius 2 is 2.46 bits per heavy atom. The van der Waals surface area contributed by atoms with Crippen molar-refractivity contribution in [1.29, 1.82) is 0 Å². The van der Waals surface area contributed by atoms with Crippen LogP contribution in [0.3, 0.4) is 0 Å². The molecule has 0 spiro atoms. The van der Waals surface area contributed by atoms with Crippen LogP contribution in [0.5, 0.6) is 0 Å². The third-order valence-corrected chi connectivity index (χ3v) is 1.87. The van der Waals surface area contributed by atoms with Gasteiger partial charge in [-0.3, -0.25) is 9.48 Å². The van der Waals surface area contributed by atoms with Crippen LogP contribution in [0.15, 0.2) is 17.3 Å². The Kier molecular flexibility index (Phi) is 1.84. The van der Waals surface area contributed by atoms with Crippen LogP contribution in [-0.2, 0) is 6.54 Å². The SMILES string of the molecule is CCCn1ncc2nc[nH]c(=O)c21. The summed E-state index contributed by atoms with van der Waals surface area (Å²) in [5.74, 6) is 0. The number of fused-ring (bicyclic) bond motifs is 1. The van der Waals surface area contributed by atoms with E-state index in [2.05, 4.69) is 15.1 Å². The van der Waals surface area contributed by atoms with Gasteiger partial charge in [-0.1, -0.05) is 6.92 Å². The quantitative estimate of drug-likeness (QED) is 0.729. The molecule has 0 amide bonds. The van der Waals surface area contributed by atoms with Crippen LogP contribution in [0.4, 0.5) is 0 Å². The molecular weight excluding hydrogens is 168 g/mol. The number of aryl methyl sites for hydroxylation is 1. The molecule has 0 saturated carbocycles. The van der Waals surface area contributed by atoms with Crippen molar-refractivity contribution in [1.82, 2.24) is 19.7 Å². The van der Waals surface area contributed by atoms with E-state index < -0.39 is 0 Å². The number of H-pyrrole nitrogens is 1. The van der Waals surface area contributed by atoms with E-state index in [-0.39, 0.29) is 5.56 Å². The van der Waals surface area contributed by atoms with Crippen molar-refractivity contribution in [3.05, 3.63) is 22.9 Å². The lowest BCUT2D eigenvalue weighted by Gasteiger charge is -1.97. The summed E-state index contributed by atoms with van der Waals surface area (Å²) >= 11 is 0. The van der Waals surface area contributed by atoms with Crippen molar-refractivity contribution in [2.75, 3.05) is 0 Å². The van der Waals surface area contributed by atoms with E-state index >= 15 is 0 Å². The molecule has 5 heteroatoms. The fourth-order valence-electron chi connectivity index (χ4n) is 1.31. The van der Waals surface area contributed by atoms with Gasteiger partial charge in [0.2, 0.25) is 0 Å². The van der Waals surface area contributed by atoms with E-state index in [1.807, 2.05) is 6.92 Å². The van der Waals surface area contributed by atoms with Crippen LogP contribution in [-0.4, -0.2) is 19.7 Å². The van der Waals surface area contributed by atoms with Crippen LogP contribution < -0.4 is 5.56 Å². The molecule has 0 radical (unpaired) electrons. The Bertz CT molecular complexity index is 470. The number of aromatic amines is 1. The molecule has 0 aromatic carbocycles. The van der Waals surface area contributed by atoms with Crippen molar-refractivity contribution in [2.45, 2.75) is 19.9 Å². The topological polar surface area (TPSA) is 63.6 Å². The average Bonchev–Trinajstić information content (AvgIpc) is 2.51. The standard InChI is InChI=1S/C8H10N4O/c1-2-3-12-7-6(4-11-12)9-5-10-8(7)13/h4-5H,2-3H2,1H3,(H,9,10,13). The first-order chi connectivity index (χ1) is 6.33. The number of hydrogen-bond donors (Lipinski definition) is 1. The minimum absolute atomic E-state index is 0.129. The van der Waals surface area contributed by atoms with Gasteiger partial charge in [0, 0.05) is 6.54 Å². The largest absolute Gasteiger partial charge is 0.311 e. The van der Waals surface area contributed by atoms with Gasteiger partial charge in [0.15, 0.2) is 5.52 Å². The van der Waals surface area contributed by atoms with Crippen molar-refractivity contribution in [3.8, 4) is 0 Å². The third-order valence-electron chi connectivity index (χ3n) is 1.87. The number of nitrogens with one attached hydrogen (secondary N) is 1. The Labute approximate surface area is 74.4 Å². The van der Waals surface area contributed by atoms with Gasteiger partial charge in [-0.2, -0.15) is 5.10 Å². The predicted molar refractivity (Wildman–Crippen MR) is 48.4 cm³/mol. The minimum Gasteiger partial charge on any atom is -0.311 e. The molecule has 0 aliphatic carbocycles. The van der Waals surface area contributed by atoms with Crippen molar-refractivity contribution in [3.63, 3.8) is 0 Å². The van der Waals surface area contributed by atoms with E-state index in [4.69, 9.17) is 0 Å². The lowest BCUT2D eigenvalue weighted by molar-refractivity contribution is 0.620. The highest BCUT2D eigenvalue weighted by molar-refractivity contribution is 5.72. The summed E-state index contributed by atoms with van der Waals surface area (Å²) in [5.41, 5.74) is 1.08. The smallest absolute Gasteiger partial charge is 0.276 e. The second-order valence-electron chi connectivity index (χ2n) is 2.83. The van der Waals surface area contributed by atoms with E-state index in [1.165, 1.54) is 6.33 Å². The molecule has 13 heavy (non-hydrogen) atoms. The Hall–Kier alpha value is -1.65. The highest BCUT2D eigenvalue weighted by atomic mass is 16.1. The molecule has 2 aromatic rings. The number of rotatable bonds is 2. The summed E-state index contributed by atoms with van der Waals surface area (Å²) in [4.78, 5) is 17.9. The summed E-state index contributed by atoms with van der Waals surface area (Å²) in [6, 6.07) is 0. The minimum atomic E-state index is -0.129. The summed E-state index contributed by atoms with van der Waals surface area (Å²) in [5, 5.41) is 4.08. The van der Waals surface area contributed by atoms with E-state index in [9.17, 15) is 4.79 Å². The van der Waals surface area contributed by atoms with Gasteiger partial charge >= 0.3 is 0 Å². The van der Waals surface area contributed by atoms with Crippen LogP contribution in [0.1, 0.15) is 13.3 Å². The van der Waals surface area contributed by atoms with Gasteiger partial charge in [-0.05, 0) is 6.42 Å². The monoisotopic (exact) mass is 178 g/mol. The first-order valence-electron chi connectivity index (χ1n) is 4.22. The van der Waals surface area contributed by atoms with Gasteiger partial charge < -0.3 is 4.98 Å². The first kappa shape index (κ1) is 7.97. The Morgan fingerprint density at radius 1 is 1.62 bits per heavy atom. The Morgan fingerprint density at radius 3 is 3.23 bits per heavy atom. The van der Waals surface area contributed by atoms with Crippen molar-refractivity contribution in [2.24, 2.45) is 0 Å². The summed E-state index contributed by atoms with van der Waals surface area (Å²) in [6.45, 7) is 2.79. The molecule has 0 saturated heterocycles. The highest BCUT2D eigenvalue weighted by Gasteiger charge is 2.05. The van der Waals surface area contributed by atoms with Crippen LogP contribution in [0, 0.1) is 0 Å². The molecule has 0 aliphatic heterocycles. The molecule has 2 aromatic heterocycles.